The normalized spacial score (nSPS) is 29.0. The van der Waals surface area contributed by atoms with E-state index < -0.39 is 34.8 Å². The quantitative estimate of drug-likeness (QED) is 0.287. The second-order valence-corrected chi connectivity index (χ2v) is 8.57. The predicted molar refractivity (Wildman–Crippen MR) is 87.2 cm³/mol. The van der Waals surface area contributed by atoms with Gasteiger partial charge < -0.3 is 26.2 Å². The molecular formula is C12H25BN4O6S. The van der Waals surface area contributed by atoms with Crippen LogP contribution in [0.3, 0.4) is 0 Å². The van der Waals surface area contributed by atoms with Gasteiger partial charge in [0.05, 0.1) is 6.04 Å². The zero-order chi connectivity index (χ0) is 18.1. The Morgan fingerprint density at radius 1 is 1.46 bits per heavy atom. The standard InChI is InChI=1S/C12H25BN4O6S/c1-16(10-5-15-6-10)24(22,23)17-7-9(3-2-4-13(20)21)12(14,8-17)11(18)19/h9-10,15,20-21H,2-8,14H2,1H3,(H,18,19)/t9?,12-/m0/s1. The first-order valence-electron chi connectivity index (χ1n) is 7.91. The van der Waals surface area contributed by atoms with Gasteiger partial charge in [-0.2, -0.15) is 17.0 Å². The molecule has 0 aliphatic carbocycles. The fourth-order valence-corrected chi connectivity index (χ4v) is 4.74. The van der Waals surface area contributed by atoms with Crippen LogP contribution in [0.25, 0.3) is 0 Å². The summed E-state index contributed by atoms with van der Waals surface area (Å²) >= 11 is 0. The number of hydrogen-bond acceptors (Lipinski definition) is 7. The molecule has 0 aromatic heterocycles. The maximum atomic E-state index is 12.7. The van der Waals surface area contributed by atoms with Crippen molar-refractivity contribution in [2.45, 2.75) is 30.7 Å². The number of carboxylic acid groups (broad SMARTS) is 1. The van der Waals surface area contributed by atoms with Gasteiger partial charge in [0.2, 0.25) is 0 Å². The third-order valence-corrected chi connectivity index (χ3v) is 6.92. The van der Waals surface area contributed by atoms with Crippen molar-refractivity contribution in [2.24, 2.45) is 11.7 Å². The van der Waals surface area contributed by atoms with Crippen LogP contribution in [-0.4, -0.2) is 90.1 Å². The Kier molecular flexibility index (Phi) is 5.90. The highest BCUT2D eigenvalue weighted by molar-refractivity contribution is 7.86. The van der Waals surface area contributed by atoms with E-state index in [2.05, 4.69) is 5.32 Å². The van der Waals surface area contributed by atoms with E-state index >= 15 is 0 Å². The lowest BCUT2D eigenvalue weighted by molar-refractivity contribution is -0.144. The number of likely N-dealkylation sites (N-methyl/N-ethyl adjacent to an activating group) is 1. The molecule has 0 saturated carbocycles. The number of rotatable bonds is 8. The van der Waals surface area contributed by atoms with Crippen LogP contribution in [-0.2, 0) is 15.0 Å². The number of hydrogen-bond donors (Lipinski definition) is 5. The van der Waals surface area contributed by atoms with Gasteiger partial charge in [-0.1, -0.05) is 6.42 Å². The van der Waals surface area contributed by atoms with E-state index in [-0.39, 0.29) is 25.5 Å². The van der Waals surface area contributed by atoms with Crippen LogP contribution in [0.2, 0.25) is 6.32 Å². The third-order valence-electron chi connectivity index (χ3n) is 4.97. The van der Waals surface area contributed by atoms with Gasteiger partial charge in [0.15, 0.2) is 0 Å². The summed E-state index contributed by atoms with van der Waals surface area (Å²) in [6.07, 6.45) is 0.749. The van der Waals surface area contributed by atoms with Crippen molar-refractivity contribution in [1.82, 2.24) is 13.9 Å². The van der Waals surface area contributed by atoms with Gasteiger partial charge in [-0.05, 0) is 12.7 Å². The molecule has 0 bridgehead atoms. The fourth-order valence-electron chi connectivity index (χ4n) is 3.11. The van der Waals surface area contributed by atoms with Gasteiger partial charge in [-0.15, -0.1) is 0 Å². The van der Waals surface area contributed by atoms with Crippen LogP contribution in [0, 0.1) is 5.92 Å². The molecule has 2 aliphatic rings. The molecule has 2 saturated heterocycles. The maximum Gasteiger partial charge on any atom is 0.451 e. The first-order chi connectivity index (χ1) is 11.1. The summed E-state index contributed by atoms with van der Waals surface area (Å²) < 4.78 is 27.8. The van der Waals surface area contributed by atoms with E-state index in [1.165, 1.54) is 11.4 Å². The van der Waals surface area contributed by atoms with Crippen molar-refractivity contribution in [3.05, 3.63) is 0 Å². The summed E-state index contributed by atoms with van der Waals surface area (Å²) in [5.74, 6) is -1.83. The zero-order valence-electron chi connectivity index (χ0n) is 13.6. The summed E-state index contributed by atoms with van der Waals surface area (Å²) in [6, 6.07) is -0.143. The molecule has 12 heteroatoms. The van der Waals surface area contributed by atoms with Crippen molar-refractivity contribution in [3.8, 4) is 0 Å². The second kappa shape index (κ2) is 7.24. The molecule has 2 atom stereocenters. The van der Waals surface area contributed by atoms with Gasteiger partial charge in [-0.3, -0.25) is 4.79 Å². The van der Waals surface area contributed by atoms with Crippen LogP contribution in [0.15, 0.2) is 0 Å². The molecule has 10 nitrogen and oxygen atoms in total. The van der Waals surface area contributed by atoms with Crippen LogP contribution in [0.1, 0.15) is 12.8 Å². The number of nitrogens with one attached hydrogen (secondary N) is 1. The molecule has 0 amide bonds. The largest absolute Gasteiger partial charge is 0.480 e. The Morgan fingerprint density at radius 3 is 2.54 bits per heavy atom. The van der Waals surface area contributed by atoms with Crippen LogP contribution < -0.4 is 11.1 Å². The average molecular weight is 364 g/mol. The summed E-state index contributed by atoms with van der Waals surface area (Å²) in [5, 5.41) is 30.3. The molecular weight excluding hydrogens is 339 g/mol. The topological polar surface area (TPSA) is 156 Å². The van der Waals surface area contributed by atoms with Crippen molar-refractivity contribution in [1.29, 1.82) is 0 Å². The van der Waals surface area contributed by atoms with E-state index in [1.807, 2.05) is 0 Å². The number of nitrogens with two attached hydrogens (primary N) is 1. The summed E-state index contributed by atoms with van der Waals surface area (Å²) in [6.45, 7) is 0.848. The van der Waals surface area contributed by atoms with Crippen molar-refractivity contribution in [3.63, 3.8) is 0 Å². The number of nitrogens with zero attached hydrogens (tertiary/aromatic N) is 2. The summed E-state index contributed by atoms with van der Waals surface area (Å²) in [5.41, 5.74) is 4.34. The molecule has 2 rings (SSSR count). The first-order valence-corrected chi connectivity index (χ1v) is 9.31. The zero-order valence-corrected chi connectivity index (χ0v) is 14.4. The van der Waals surface area contributed by atoms with Crippen molar-refractivity contribution in [2.75, 3.05) is 33.2 Å². The van der Waals surface area contributed by atoms with Gasteiger partial charge in [0.1, 0.15) is 5.54 Å². The lowest BCUT2D eigenvalue weighted by Crippen LogP contribution is -2.60. The average Bonchev–Trinajstić information content (AvgIpc) is 2.76. The minimum Gasteiger partial charge on any atom is -0.480 e. The van der Waals surface area contributed by atoms with Crippen LogP contribution in [0.4, 0.5) is 0 Å². The Labute approximate surface area is 141 Å². The van der Waals surface area contributed by atoms with Gasteiger partial charge >= 0.3 is 13.1 Å². The fraction of sp³-hybridized carbons (Fsp3) is 0.917. The molecule has 1 unspecified atom stereocenters. The molecule has 6 N–H and O–H groups in total. The molecule has 0 aromatic carbocycles. The lowest BCUT2D eigenvalue weighted by Gasteiger charge is -2.36. The molecule has 24 heavy (non-hydrogen) atoms. The number of carboxylic acids is 1. The van der Waals surface area contributed by atoms with Gasteiger partial charge in [0.25, 0.3) is 10.2 Å². The minimum atomic E-state index is -3.79. The van der Waals surface area contributed by atoms with E-state index in [4.69, 9.17) is 15.8 Å². The minimum absolute atomic E-state index is 0.0111. The van der Waals surface area contributed by atoms with E-state index in [9.17, 15) is 18.3 Å². The predicted octanol–water partition coefficient (Wildman–Crippen LogP) is -2.90. The summed E-state index contributed by atoms with van der Waals surface area (Å²) in [4.78, 5) is 11.6. The molecule has 2 heterocycles. The highest BCUT2D eigenvalue weighted by Crippen LogP contribution is 2.33. The lowest BCUT2D eigenvalue weighted by atomic mass is 9.78. The molecule has 0 aromatic rings. The monoisotopic (exact) mass is 364 g/mol. The highest BCUT2D eigenvalue weighted by Gasteiger charge is 2.53. The summed E-state index contributed by atoms with van der Waals surface area (Å²) in [7, 11) is -3.78. The molecule has 0 radical (unpaired) electrons. The first kappa shape index (κ1) is 19.6. The molecule has 138 valence electrons. The Bertz CT molecular complexity index is 572. The Balaban J connectivity index is 2.11. The molecule has 0 spiro atoms. The van der Waals surface area contributed by atoms with Crippen LogP contribution in [0.5, 0.6) is 0 Å². The Morgan fingerprint density at radius 2 is 2.08 bits per heavy atom. The van der Waals surface area contributed by atoms with E-state index in [0.29, 0.717) is 25.9 Å². The number of aliphatic carboxylic acids is 1. The smallest absolute Gasteiger partial charge is 0.451 e. The molecule has 2 aliphatic heterocycles. The van der Waals surface area contributed by atoms with E-state index in [0.717, 1.165) is 4.31 Å². The SMILES string of the molecule is CN(C1CNC1)S(=O)(=O)N1CC(CCCB(O)O)[C@](N)(C(=O)O)C1. The Hall–Kier alpha value is -0.755. The number of carbonyl (C=O) groups is 1. The van der Waals surface area contributed by atoms with Crippen molar-refractivity contribution < 1.29 is 28.4 Å². The second-order valence-electron chi connectivity index (χ2n) is 6.58. The molecule has 2 fully saturated rings. The van der Waals surface area contributed by atoms with E-state index in [1.54, 1.807) is 0 Å². The van der Waals surface area contributed by atoms with Gasteiger partial charge in [0, 0.05) is 39.1 Å². The van der Waals surface area contributed by atoms with Crippen molar-refractivity contribution >= 4 is 23.3 Å². The third kappa shape index (κ3) is 3.74. The maximum absolute atomic E-state index is 12.7. The highest BCUT2D eigenvalue weighted by atomic mass is 32.2. The van der Waals surface area contributed by atoms with Crippen LogP contribution >= 0.6 is 0 Å². The van der Waals surface area contributed by atoms with Gasteiger partial charge in [-0.25, -0.2) is 0 Å².